The van der Waals surface area contributed by atoms with Gasteiger partial charge in [-0.25, -0.2) is 0 Å². The predicted molar refractivity (Wildman–Crippen MR) is 113 cm³/mol. The molecule has 0 atom stereocenters. The predicted octanol–water partition coefficient (Wildman–Crippen LogP) is 4.62. The van der Waals surface area contributed by atoms with E-state index in [1.165, 1.54) is 29.7 Å². The molecule has 0 aliphatic heterocycles. The van der Waals surface area contributed by atoms with E-state index in [1.807, 2.05) is 0 Å². The third-order valence-electron chi connectivity index (χ3n) is 4.27. The van der Waals surface area contributed by atoms with Crippen LogP contribution in [0.5, 0.6) is 0 Å². The van der Waals surface area contributed by atoms with Crippen molar-refractivity contribution in [1.29, 1.82) is 0 Å². The standard InChI is InChI=1S/C18H20I2N4/c1-11-17(19)13(3)23(21-11)9-15-5-7-16(8-6-15)10-24-14(4)18(20)12(2)22-24/h5-8H,9-10H2,1-4H3. The lowest BCUT2D eigenvalue weighted by Crippen LogP contribution is -2.06. The molecule has 2 aromatic heterocycles. The Bertz CT molecular complexity index is 802. The maximum atomic E-state index is 4.61. The first-order valence-corrected chi connectivity index (χ1v) is 9.99. The van der Waals surface area contributed by atoms with Crippen LogP contribution >= 0.6 is 45.2 Å². The first-order chi connectivity index (χ1) is 11.4. The van der Waals surface area contributed by atoms with Gasteiger partial charge in [0.1, 0.15) is 0 Å². The van der Waals surface area contributed by atoms with Crippen LogP contribution in [0.2, 0.25) is 0 Å². The summed E-state index contributed by atoms with van der Waals surface area (Å²) in [4.78, 5) is 0. The van der Waals surface area contributed by atoms with Gasteiger partial charge in [0, 0.05) is 11.4 Å². The van der Waals surface area contributed by atoms with Crippen molar-refractivity contribution in [2.24, 2.45) is 0 Å². The molecule has 0 fully saturated rings. The highest BCUT2D eigenvalue weighted by Crippen LogP contribution is 2.18. The fourth-order valence-corrected chi connectivity index (χ4v) is 3.53. The fraction of sp³-hybridized carbons (Fsp3) is 0.333. The molecule has 0 amide bonds. The molecule has 3 rings (SSSR count). The van der Waals surface area contributed by atoms with Crippen LogP contribution < -0.4 is 0 Å². The summed E-state index contributed by atoms with van der Waals surface area (Å²) in [6.07, 6.45) is 0. The summed E-state index contributed by atoms with van der Waals surface area (Å²) in [7, 11) is 0. The van der Waals surface area contributed by atoms with E-state index in [0.717, 1.165) is 24.5 Å². The van der Waals surface area contributed by atoms with Crippen molar-refractivity contribution in [2.75, 3.05) is 0 Å². The number of nitrogens with zero attached hydrogens (tertiary/aromatic N) is 4. The molecule has 126 valence electrons. The van der Waals surface area contributed by atoms with Crippen LogP contribution in [0.4, 0.5) is 0 Å². The molecule has 0 spiro atoms. The van der Waals surface area contributed by atoms with Crippen molar-refractivity contribution in [2.45, 2.75) is 40.8 Å². The Morgan fingerprint density at radius 2 is 1.04 bits per heavy atom. The van der Waals surface area contributed by atoms with Crippen molar-refractivity contribution < 1.29 is 0 Å². The highest BCUT2D eigenvalue weighted by atomic mass is 127. The van der Waals surface area contributed by atoms with Crippen LogP contribution in [0.25, 0.3) is 0 Å². The number of rotatable bonds is 4. The maximum absolute atomic E-state index is 4.61. The number of benzene rings is 1. The molecule has 2 heterocycles. The first kappa shape index (κ1) is 17.9. The Morgan fingerprint density at radius 1 is 0.708 bits per heavy atom. The second kappa shape index (κ2) is 7.15. The van der Waals surface area contributed by atoms with Gasteiger partial charge in [-0.2, -0.15) is 10.2 Å². The van der Waals surface area contributed by atoms with Crippen LogP contribution in [0.3, 0.4) is 0 Å². The van der Waals surface area contributed by atoms with E-state index in [-0.39, 0.29) is 0 Å². The van der Waals surface area contributed by atoms with Gasteiger partial charge < -0.3 is 0 Å². The monoisotopic (exact) mass is 546 g/mol. The summed E-state index contributed by atoms with van der Waals surface area (Å²) in [6.45, 7) is 10.00. The molecule has 4 nitrogen and oxygen atoms in total. The van der Waals surface area contributed by atoms with Gasteiger partial charge in [0.15, 0.2) is 0 Å². The largest absolute Gasteiger partial charge is 0.264 e. The summed E-state index contributed by atoms with van der Waals surface area (Å²) in [6, 6.07) is 8.76. The molecule has 0 aliphatic carbocycles. The topological polar surface area (TPSA) is 35.6 Å². The molecule has 3 aromatic rings. The SMILES string of the molecule is Cc1nn(Cc2ccc(Cn3nc(C)c(I)c3C)cc2)c(C)c1I. The average molecular weight is 546 g/mol. The third kappa shape index (κ3) is 3.54. The lowest BCUT2D eigenvalue weighted by Gasteiger charge is -2.08. The zero-order chi connectivity index (χ0) is 17.4. The van der Waals surface area contributed by atoms with Crippen LogP contribution in [0, 0.1) is 34.8 Å². The minimum absolute atomic E-state index is 0.813. The number of aromatic nitrogens is 4. The van der Waals surface area contributed by atoms with Crippen LogP contribution in [-0.2, 0) is 13.1 Å². The first-order valence-electron chi connectivity index (χ1n) is 7.83. The van der Waals surface area contributed by atoms with Crippen molar-refractivity contribution in [1.82, 2.24) is 19.6 Å². The van der Waals surface area contributed by atoms with E-state index >= 15 is 0 Å². The third-order valence-corrected chi connectivity index (χ3v) is 7.40. The summed E-state index contributed by atoms with van der Waals surface area (Å²) >= 11 is 4.73. The zero-order valence-corrected chi connectivity index (χ0v) is 18.6. The minimum atomic E-state index is 0.813. The number of halogens is 2. The molecular weight excluding hydrogens is 526 g/mol. The summed E-state index contributed by atoms with van der Waals surface area (Å²) in [5, 5.41) is 9.23. The quantitative estimate of drug-likeness (QED) is 0.449. The summed E-state index contributed by atoms with van der Waals surface area (Å²) in [5.74, 6) is 0. The molecule has 1 aromatic carbocycles. The minimum Gasteiger partial charge on any atom is -0.264 e. The maximum Gasteiger partial charge on any atom is 0.0730 e. The molecule has 0 saturated carbocycles. The van der Waals surface area contributed by atoms with E-state index in [9.17, 15) is 0 Å². The van der Waals surface area contributed by atoms with Crippen molar-refractivity contribution in [3.63, 3.8) is 0 Å². The van der Waals surface area contributed by atoms with Crippen LogP contribution in [-0.4, -0.2) is 19.6 Å². The molecule has 6 heteroatoms. The molecule has 24 heavy (non-hydrogen) atoms. The number of hydrogen-bond donors (Lipinski definition) is 0. The number of hydrogen-bond acceptors (Lipinski definition) is 2. The van der Waals surface area contributed by atoms with Gasteiger partial charge in [0.05, 0.1) is 31.6 Å². The number of aryl methyl sites for hydroxylation is 2. The van der Waals surface area contributed by atoms with E-state index in [1.54, 1.807) is 0 Å². The second-order valence-electron chi connectivity index (χ2n) is 6.10. The van der Waals surface area contributed by atoms with Crippen molar-refractivity contribution >= 4 is 45.2 Å². The summed E-state index contributed by atoms with van der Waals surface area (Å²) < 4.78 is 6.66. The van der Waals surface area contributed by atoms with E-state index in [0.29, 0.717) is 0 Å². The van der Waals surface area contributed by atoms with Gasteiger partial charge in [-0.1, -0.05) is 24.3 Å². The molecule has 0 N–H and O–H groups in total. The van der Waals surface area contributed by atoms with Crippen molar-refractivity contribution in [3.05, 3.63) is 65.3 Å². The smallest absolute Gasteiger partial charge is 0.0730 e. The van der Waals surface area contributed by atoms with Gasteiger partial charge >= 0.3 is 0 Å². The van der Waals surface area contributed by atoms with Gasteiger partial charge in [0.2, 0.25) is 0 Å². The highest BCUT2D eigenvalue weighted by molar-refractivity contribution is 14.1. The average Bonchev–Trinajstić information content (AvgIpc) is 2.94. The van der Waals surface area contributed by atoms with Crippen LogP contribution in [0.15, 0.2) is 24.3 Å². The molecule has 0 saturated heterocycles. The van der Waals surface area contributed by atoms with Crippen molar-refractivity contribution in [3.8, 4) is 0 Å². The second-order valence-corrected chi connectivity index (χ2v) is 8.26. The lowest BCUT2D eigenvalue weighted by atomic mass is 10.1. The molecule has 0 radical (unpaired) electrons. The Balaban J connectivity index is 1.75. The Labute approximate surface area is 169 Å². The molecule has 0 unspecified atom stereocenters. The molecule has 0 aliphatic rings. The van der Waals surface area contributed by atoms with Gasteiger partial charge in [-0.15, -0.1) is 0 Å². The molecular formula is C18H20I2N4. The fourth-order valence-electron chi connectivity index (χ4n) is 2.75. The Kier molecular flexibility index (Phi) is 5.33. The normalized spacial score (nSPS) is 11.2. The molecule has 0 bridgehead atoms. The van der Waals surface area contributed by atoms with Gasteiger partial charge in [0.25, 0.3) is 0 Å². The summed E-state index contributed by atoms with van der Waals surface area (Å²) in [5.41, 5.74) is 7.20. The zero-order valence-electron chi connectivity index (χ0n) is 14.3. The van der Waals surface area contributed by atoms with Crippen LogP contribution in [0.1, 0.15) is 33.9 Å². The van der Waals surface area contributed by atoms with Gasteiger partial charge in [-0.3, -0.25) is 9.36 Å². The lowest BCUT2D eigenvalue weighted by molar-refractivity contribution is 0.651. The Morgan fingerprint density at radius 3 is 1.29 bits per heavy atom. The van der Waals surface area contributed by atoms with Gasteiger partial charge in [-0.05, 0) is 84.0 Å². The van der Waals surface area contributed by atoms with E-state index < -0.39 is 0 Å². The van der Waals surface area contributed by atoms with E-state index in [2.05, 4.69) is 117 Å². The highest BCUT2D eigenvalue weighted by Gasteiger charge is 2.10. The van der Waals surface area contributed by atoms with E-state index in [4.69, 9.17) is 0 Å². The Hall–Kier alpha value is -0.900.